The van der Waals surface area contributed by atoms with Crippen LogP contribution < -0.4 is 5.32 Å². The Balaban J connectivity index is 2.16. The lowest BCUT2D eigenvalue weighted by Crippen LogP contribution is -2.20. The van der Waals surface area contributed by atoms with Crippen LogP contribution in [-0.2, 0) is 9.47 Å². The Morgan fingerprint density at radius 3 is 3.44 bits per heavy atom. The van der Waals surface area contributed by atoms with Gasteiger partial charge in [-0.2, -0.15) is 0 Å². The first-order chi connectivity index (χ1) is 4.47. The van der Waals surface area contributed by atoms with E-state index in [1.165, 1.54) is 0 Å². The highest BCUT2D eigenvalue weighted by Crippen LogP contribution is 2.16. The van der Waals surface area contributed by atoms with Crippen molar-refractivity contribution in [1.29, 1.82) is 0 Å². The molecule has 0 aromatic rings. The lowest BCUT2D eigenvalue weighted by atomic mass is 10.3. The van der Waals surface area contributed by atoms with Crippen LogP contribution in [-0.4, -0.2) is 19.6 Å². The maximum absolute atomic E-state index is 5.25. The smallest absolute Gasteiger partial charge is 0.200 e. The zero-order valence-electron chi connectivity index (χ0n) is 5.09. The standard InChI is InChI=1S/C6H9NO2/c1-2-5-6(8-3-1)9-4-7-5/h2,6-7H,1,3-4H2. The van der Waals surface area contributed by atoms with Crippen LogP contribution in [0.25, 0.3) is 0 Å². The number of ether oxygens (including phenoxy) is 2. The second kappa shape index (κ2) is 2.01. The van der Waals surface area contributed by atoms with Crippen LogP contribution in [0.1, 0.15) is 6.42 Å². The van der Waals surface area contributed by atoms with Crippen molar-refractivity contribution in [2.45, 2.75) is 12.7 Å². The number of hydrogen-bond donors (Lipinski definition) is 1. The van der Waals surface area contributed by atoms with Gasteiger partial charge in [0.1, 0.15) is 6.73 Å². The molecule has 3 heteroatoms. The molecule has 0 spiro atoms. The molecule has 50 valence electrons. The van der Waals surface area contributed by atoms with Crippen LogP contribution in [0.15, 0.2) is 11.8 Å². The van der Waals surface area contributed by atoms with Gasteiger partial charge < -0.3 is 14.8 Å². The maximum Gasteiger partial charge on any atom is 0.200 e. The summed E-state index contributed by atoms with van der Waals surface area (Å²) in [5, 5.41) is 3.07. The molecule has 0 amide bonds. The van der Waals surface area contributed by atoms with Gasteiger partial charge in [-0.15, -0.1) is 0 Å². The predicted molar refractivity (Wildman–Crippen MR) is 31.5 cm³/mol. The van der Waals surface area contributed by atoms with Crippen molar-refractivity contribution < 1.29 is 9.47 Å². The largest absolute Gasteiger partial charge is 0.362 e. The van der Waals surface area contributed by atoms with Gasteiger partial charge in [0.05, 0.1) is 12.3 Å². The van der Waals surface area contributed by atoms with Crippen molar-refractivity contribution in [2.24, 2.45) is 0 Å². The quantitative estimate of drug-likeness (QED) is 0.504. The van der Waals surface area contributed by atoms with E-state index in [9.17, 15) is 0 Å². The summed E-state index contributed by atoms with van der Waals surface area (Å²) >= 11 is 0. The van der Waals surface area contributed by atoms with E-state index in [1.54, 1.807) is 0 Å². The highest BCUT2D eigenvalue weighted by Gasteiger charge is 2.23. The summed E-state index contributed by atoms with van der Waals surface area (Å²) in [5.41, 5.74) is 1.10. The van der Waals surface area contributed by atoms with E-state index < -0.39 is 0 Å². The number of fused-ring (bicyclic) bond motifs is 1. The maximum atomic E-state index is 5.25. The summed E-state index contributed by atoms with van der Waals surface area (Å²) in [5.74, 6) is 0. The van der Waals surface area contributed by atoms with Gasteiger partial charge >= 0.3 is 0 Å². The van der Waals surface area contributed by atoms with E-state index in [-0.39, 0.29) is 6.29 Å². The highest BCUT2D eigenvalue weighted by molar-refractivity contribution is 5.07. The molecular formula is C6H9NO2. The van der Waals surface area contributed by atoms with Gasteiger partial charge in [-0.1, -0.05) is 6.08 Å². The molecule has 2 aliphatic heterocycles. The van der Waals surface area contributed by atoms with Crippen LogP contribution in [0.4, 0.5) is 0 Å². The van der Waals surface area contributed by atoms with Crippen molar-refractivity contribution in [3.05, 3.63) is 11.8 Å². The zero-order chi connectivity index (χ0) is 6.10. The molecule has 1 atom stereocenters. The topological polar surface area (TPSA) is 30.5 Å². The summed E-state index contributed by atoms with van der Waals surface area (Å²) in [6, 6.07) is 0. The normalized spacial score (nSPS) is 32.9. The molecule has 0 radical (unpaired) electrons. The van der Waals surface area contributed by atoms with E-state index in [0.717, 1.165) is 18.7 Å². The van der Waals surface area contributed by atoms with E-state index >= 15 is 0 Å². The molecule has 1 unspecified atom stereocenters. The molecule has 0 bridgehead atoms. The Labute approximate surface area is 53.6 Å². The summed E-state index contributed by atoms with van der Waals surface area (Å²) < 4.78 is 10.4. The SMILES string of the molecule is C1=C2NCOC2OCC1. The zero-order valence-corrected chi connectivity index (χ0v) is 5.09. The van der Waals surface area contributed by atoms with Gasteiger partial charge in [-0.25, -0.2) is 0 Å². The van der Waals surface area contributed by atoms with Crippen LogP contribution in [0, 0.1) is 0 Å². The third kappa shape index (κ3) is 0.821. The Morgan fingerprint density at radius 1 is 1.56 bits per heavy atom. The van der Waals surface area contributed by atoms with Crippen LogP contribution in [0.2, 0.25) is 0 Å². The molecule has 1 fully saturated rings. The van der Waals surface area contributed by atoms with Crippen LogP contribution in [0.3, 0.4) is 0 Å². The molecule has 2 heterocycles. The predicted octanol–water partition coefficient (Wildman–Crippen LogP) is 0.194. The van der Waals surface area contributed by atoms with Gasteiger partial charge in [-0.05, 0) is 6.42 Å². The minimum Gasteiger partial charge on any atom is -0.362 e. The molecule has 3 nitrogen and oxygen atoms in total. The molecule has 0 aromatic carbocycles. The minimum atomic E-state index is -0.0845. The molecule has 0 saturated carbocycles. The minimum absolute atomic E-state index is 0.0845. The number of nitrogens with one attached hydrogen (secondary N) is 1. The van der Waals surface area contributed by atoms with Crippen molar-refractivity contribution in [1.82, 2.24) is 5.32 Å². The second-order valence-corrected chi connectivity index (χ2v) is 2.14. The van der Waals surface area contributed by atoms with Gasteiger partial charge in [0.2, 0.25) is 0 Å². The summed E-state index contributed by atoms with van der Waals surface area (Å²) in [7, 11) is 0. The van der Waals surface area contributed by atoms with E-state index in [4.69, 9.17) is 9.47 Å². The fraction of sp³-hybridized carbons (Fsp3) is 0.667. The first kappa shape index (κ1) is 5.26. The molecule has 0 aliphatic carbocycles. The van der Waals surface area contributed by atoms with Gasteiger partial charge in [0, 0.05) is 0 Å². The number of rotatable bonds is 0. The fourth-order valence-electron chi connectivity index (χ4n) is 1.07. The molecular weight excluding hydrogens is 118 g/mol. The molecule has 1 saturated heterocycles. The van der Waals surface area contributed by atoms with E-state index in [2.05, 4.69) is 11.4 Å². The first-order valence-corrected chi connectivity index (χ1v) is 3.14. The van der Waals surface area contributed by atoms with E-state index in [1.807, 2.05) is 0 Å². The Hall–Kier alpha value is -0.540. The lowest BCUT2D eigenvalue weighted by molar-refractivity contribution is -0.0965. The number of hydrogen-bond acceptors (Lipinski definition) is 3. The average Bonchev–Trinajstić information content (AvgIpc) is 2.33. The summed E-state index contributed by atoms with van der Waals surface area (Å²) in [4.78, 5) is 0. The summed E-state index contributed by atoms with van der Waals surface area (Å²) in [6.45, 7) is 1.38. The van der Waals surface area contributed by atoms with Crippen molar-refractivity contribution >= 4 is 0 Å². The van der Waals surface area contributed by atoms with Gasteiger partial charge in [0.25, 0.3) is 0 Å². The average molecular weight is 127 g/mol. The van der Waals surface area contributed by atoms with Gasteiger partial charge in [-0.3, -0.25) is 0 Å². The van der Waals surface area contributed by atoms with Gasteiger partial charge in [0.15, 0.2) is 6.29 Å². The van der Waals surface area contributed by atoms with Crippen molar-refractivity contribution in [3.63, 3.8) is 0 Å². The molecule has 2 aliphatic rings. The first-order valence-electron chi connectivity index (χ1n) is 3.14. The Kier molecular flexibility index (Phi) is 1.17. The summed E-state index contributed by atoms with van der Waals surface area (Å²) in [6.07, 6.45) is 3.04. The Morgan fingerprint density at radius 2 is 2.56 bits per heavy atom. The highest BCUT2D eigenvalue weighted by atomic mass is 16.7. The molecule has 1 N–H and O–H groups in total. The third-order valence-electron chi connectivity index (χ3n) is 1.52. The fourth-order valence-corrected chi connectivity index (χ4v) is 1.07. The molecule has 0 aromatic heterocycles. The van der Waals surface area contributed by atoms with Crippen LogP contribution >= 0.6 is 0 Å². The Bertz CT molecular complexity index is 144. The third-order valence-corrected chi connectivity index (χ3v) is 1.52. The molecule has 2 rings (SSSR count). The van der Waals surface area contributed by atoms with Crippen LogP contribution in [0.5, 0.6) is 0 Å². The second-order valence-electron chi connectivity index (χ2n) is 2.14. The van der Waals surface area contributed by atoms with E-state index in [0.29, 0.717) is 6.73 Å². The van der Waals surface area contributed by atoms with Crippen molar-refractivity contribution in [3.8, 4) is 0 Å². The monoisotopic (exact) mass is 127 g/mol. The van der Waals surface area contributed by atoms with Crippen molar-refractivity contribution in [2.75, 3.05) is 13.3 Å². The lowest BCUT2D eigenvalue weighted by Gasteiger charge is -2.15. The molecule has 9 heavy (non-hydrogen) atoms.